The molecule has 1 aromatic carbocycles. The van der Waals surface area contributed by atoms with Gasteiger partial charge in [-0.25, -0.2) is 13.8 Å². The Morgan fingerprint density at radius 3 is 2.67 bits per heavy atom. The van der Waals surface area contributed by atoms with Gasteiger partial charge in [-0.05, 0) is 6.07 Å². The lowest BCUT2D eigenvalue weighted by Gasteiger charge is -1.93. The van der Waals surface area contributed by atoms with Gasteiger partial charge in [-0.1, -0.05) is 0 Å². The SMILES string of the molecule is O=c1cc(-c2nc3cc(F)c(F)cc3[nH]2)cc[nH]1. The highest BCUT2D eigenvalue weighted by atomic mass is 19.2. The number of nitrogens with one attached hydrogen (secondary N) is 2. The van der Waals surface area contributed by atoms with Crippen LogP contribution in [-0.2, 0) is 0 Å². The van der Waals surface area contributed by atoms with Gasteiger partial charge in [-0.3, -0.25) is 4.79 Å². The summed E-state index contributed by atoms with van der Waals surface area (Å²) in [5.74, 6) is -1.50. The Kier molecular flexibility index (Phi) is 2.22. The molecule has 0 aliphatic rings. The number of pyridine rings is 1. The molecule has 0 amide bonds. The third-order valence-corrected chi connectivity index (χ3v) is 2.57. The van der Waals surface area contributed by atoms with Crippen LogP contribution in [0.1, 0.15) is 0 Å². The number of hydrogen-bond acceptors (Lipinski definition) is 2. The Balaban J connectivity index is 2.22. The molecule has 0 radical (unpaired) electrons. The van der Waals surface area contributed by atoms with E-state index < -0.39 is 11.6 Å². The average Bonchev–Trinajstić information content (AvgIpc) is 2.73. The second kappa shape index (κ2) is 3.76. The molecule has 2 N–H and O–H groups in total. The largest absolute Gasteiger partial charge is 0.338 e. The van der Waals surface area contributed by atoms with Gasteiger partial charge in [0.1, 0.15) is 5.82 Å². The minimum absolute atomic E-state index is 0.273. The molecule has 2 aromatic heterocycles. The summed E-state index contributed by atoms with van der Waals surface area (Å²) in [7, 11) is 0. The van der Waals surface area contributed by atoms with Crippen LogP contribution in [0.3, 0.4) is 0 Å². The van der Waals surface area contributed by atoms with Crippen LogP contribution in [-0.4, -0.2) is 15.0 Å². The van der Waals surface area contributed by atoms with Gasteiger partial charge in [0.15, 0.2) is 11.6 Å². The highest BCUT2D eigenvalue weighted by Gasteiger charge is 2.09. The van der Waals surface area contributed by atoms with Crippen molar-refractivity contribution in [1.29, 1.82) is 0 Å². The first-order valence-electron chi connectivity index (χ1n) is 5.17. The fourth-order valence-corrected chi connectivity index (χ4v) is 1.73. The molecular formula is C12H7F2N3O. The molecule has 0 spiro atoms. The average molecular weight is 247 g/mol. The van der Waals surface area contributed by atoms with Gasteiger partial charge >= 0.3 is 0 Å². The maximum absolute atomic E-state index is 13.0. The normalized spacial score (nSPS) is 11.0. The van der Waals surface area contributed by atoms with Crippen LogP contribution in [0.15, 0.2) is 35.3 Å². The number of halogens is 2. The number of benzene rings is 1. The molecule has 0 atom stereocenters. The van der Waals surface area contributed by atoms with Crippen LogP contribution < -0.4 is 5.56 Å². The highest BCUT2D eigenvalue weighted by Crippen LogP contribution is 2.21. The Morgan fingerprint density at radius 2 is 1.89 bits per heavy atom. The second-order valence-electron chi connectivity index (χ2n) is 3.81. The standard InChI is InChI=1S/C12H7F2N3O/c13-7-4-9-10(5-8(7)14)17-12(16-9)6-1-2-15-11(18)3-6/h1-5H,(H,15,18)(H,16,17). The topological polar surface area (TPSA) is 61.5 Å². The summed E-state index contributed by atoms with van der Waals surface area (Å²) in [6.07, 6.45) is 1.48. The minimum atomic E-state index is -0.952. The van der Waals surface area contributed by atoms with E-state index in [4.69, 9.17) is 0 Å². The quantitative estimate of drug-likeness (QED) is 0.692. The Bertz CT molecular complexity index is 752. The Morgan fingerprint density at radius 1 is 1.11 bits per heavy atom. The highest BCUT2D eigenvalue weighted by molar-refractivity contribution is 5.79. The van der Waals surface area contributed by atoms with Gasteiger partial charge in [0, 0.05) is 30.0 Å². The molecule has 18 heavy (non-hydrogen) atoms. The van der Waals surface area contributed by atoms with E-state index in [9.17, 15) is 13.6 Å². The van der Waals surface area contributed by atoms with Crippen molar-refractivity contribution in [1.82, 2.24) is 15.0 Å². The zero-order chi connectivity index (χ0) is 12.7. The Labute approximate surface area is 99.3 Å². The van der Waals surface area contributed by atoms with Crippen molar-refractivity contribution in [3.8, 4) is 11.4 Å². The first-order valence-corrected chi connectivity index (χ1v) is 5.17. The molecule has 2 heterocycles. The molecule has 0 unspecified atom stereocenters. The van der Waals surface area contributed by atoms with E-state index in [1.165, 1.54) is 12.3 Å². The smallest absolute Gasteiger partial charge is 0.248 e. The van der Waals surface area contributed by atoms with Crippen molar-refractivity contribution in [3.05, 3.63) is 52.5 Å². The lowest BCUT2D eigenvalue weighted by atomic mass is 10.2. The molecule has 0 aliphatic heterocycles. The molecule has 0 bridgehead atoms. The predicted molar refractivity (Wildman–Crippen MR) is 62.1 cm³/mol. The van der Waals surface area contributed by atoms with Crippen molar-refractivity contribution >= 4 is 11.0 Å². The van der Waals surface area contributed by atoms with Crippen molar-refractivity contribution in [2.45, 2.75) is 0 Å². The zero-order valence-electron chi connectivity index (χ0n) is 9.00. The maximum atomic E-state index is 13.0. The molecule has 0 fully saturated rings. The van der Waals surface area contributed by atoms with Crippen LogP contribution in [0.25, 0.3) is 22.4 Å². The van der Waals surface area contributed by atoms with Gasteiger partial charge in [0.25, 0.3) is 0 Å². The first kappa shape index (κ1) is 10.6. The first-order chi connectivity index (χ1) is 8.63. The summed E-state index contributed by atoms with van der Waals surface area (Å²) in [6.45, 7) is 0. The number of hydrogen-bond donors (Lipinski definition) is 2. The van der Waals surface area contributed by atoms with Gasteiger partial charge in [-0.2, -0.15) is 0 Å². The van der Waals surface area contributed by atoms with Gasteiger partial charge in [0.2, 0.25) is 5.56 Å². The van der Waals surface area contributed by atoms with E-state index in [-0.39, 0.29) is 5.56 Å². The molecule has 0 saturated heterocycles. The monoisotopic (exact) mass is 247 g/mol. The van der Waals surface area contributed by atoms with E-state index >= 15 is 0 Å². The number of H-pyrrole nitrogens is 2. The molecule has 0 saturated carbocycles. The summed E-state index contributed by atoms with van der Waals surface area (Å²) >= 11 is 0. The lowest BCUT2D eigenvalue weighted by molar-refractivity contribution is 0.510. The number of fused-ring (bicyclic) bond motifs is 1. The predicted octanol–water partition coefficient (Wildman–Crippen LogP) is 2.20. The van der Waals surface area contributed by atoms with E-state index in [2.05, 4.69) is 15.0 Å². The van der Waals surface area contributed by atoms with E-state index in [1.54, 1.807) is 6.07 Å². The third-order valence-electron chi connectivity index (χ3n) is 2.57. The van der Waals surface area contributed by atoms with Gasteiger partial charge in [-0.15, -0.1) is 0 Å². The van der Waals surface area contributed by atoms with Crippen LogP contribution >= 0.6 is 0 Å². The molecule has 3 rings (SSSR count). The van der Waals surface area contributed by atoms with Crippen LogP contribution in [0.2, 0.25) is 0 Å². The van der Waals surface area contributed by atoms with E-state index in [0.29, 0.717) is 22.4 Å². The van der Waals surface area contributed by atoms with Crippen LogP contribution in [0.4, 0.5) is 8.78 Å². The van der Waals surface area contributed by atoms with Gasteiger partial charge in [0.05, 0.1) is 11.0 Å². The van der Waals surface area contributed by atoms with Crippen molar-refractivity contribution in [3.63, 3.8) is 0 Å². The Hall–Kier alpha value is -2.50. The van der Waals surface area contributed by atoms with Crippen molar-refractivity contribution < 1.29 is 8.78 Å². The number of imidazole rings is 1. The van der Waals surface area contributed by atoms with E-state index in [1.807, 2.05) is 0 Å². The lowest BCUT2D eigenvalue weighted by Crippen LogP contribution is -2.02. The zero-order valence-corrected chi connectivity index (χ0v) is 9.00. The number of aromatic nitrogens is 3. The third kappa shape index (κ3) is 1.67. The second-order valence-corrected chi connectivity index (χ2v) is 3.81. The number of rotatable bonds is 1. The van der Waals surface area contributed by atoms with Gasteiger partial charge < -0.3 is 9.97 Å². The summed E-state index contributed by atoms with van der Waals surface area (Å²) < 4.78 is 26.1. The fourth-order valence-electron chi connectivity index (χ4n) is 1.73. The summed E-state index contributed by atoms with van der Waals surface area (Å²) in [5, 5.41) is 0. The van der Waals surface area contributed by atoms with Crippen molar-refractivity contribution in [2.75, 3.05) is 0 Å². The molecular weight excluding hydrogens is 240 g/mol. The van der Waals surface area contributed by atoms with E-state index in [0.717, 1.165) is 12.1 Å². The minimum Gasteiger partial charge on any atom is -0.338 e. The number of aromatic amines is 2. The van der Waals surface area contributed by atoms with Crippen LogP contribution in [0, 0.1) is 11.6 Å². The molecule has 90 valence electrons. The molecule has 0 aliphatic carbocycles. The fraction of sp³-hybridized carbons (Fsp3) is 0. The number of nitrogens with zero attached hydrogens (tertiary/aromatic N) is 1. The summed E-state index contributed by atoms with van der Waals surface area (Å²) in [5.41, 5.74) is 0.967. The summed E-state index contributed by atoms with van der Waals surface area (Å²) in [4.78, 5) is 20.6. The summed E-state index contributed by atoms with van der Waals surface area (Å²) in [6, 6.07) is 5.04. The van der Waals surface area contributed by atoms with Crippen LogP contribution in [0.5, 0.6) is 0 Å². The molecule has 3 aromatic rings. The van der Waals surface area contributed by atoms with Crippen molar-refractivity contribution in [2.24, 2.45) is 0 Å². The molecule has 4 nitrogen and oxygen atoms in total. The molecule has 6 heteroatoms. The maximum Gasteiger partial charge on any atom is 0.248 e.